The highest BCUT2D eigenvalue weighted by molar-refractivity contribution is 5.87. The molecule has 1 N–H and O–H groups in total. The van der Waals surface area contributed by atoms with Gasteiger partial charge in [0.05, 0.1) is 0 Å². The summed E-state index contributed by atoms with van der Waals surface area (Å²) in [5.41, 5.74) is 0.966. The number of hydrogen-bond donors (Lipinski definition) is 1. The molecule has 0 heterocycles. The molecule has 0 amide bonds. The van der Waals surface area contributed by atoms with E-state index in [4.69, 9.17) is 5.41 Å². The van der Waals surface area contributed by atoms with E-state index in [1.807, 2.05) is 0 Å². The minimum atomic E-state index is 0.863. The Kier molecular flexibility index (Phi) is 2.47. The summed E-state index contributed by atoms with van der Waals surface area (Å²) in [7, 11) is 0. The quantitative estimate of drug-likeness (QED) is 0.621. The fourth-order valence-corrected chi connectivity index (χ4v) is 1.54. The van der Waals surface area contributed by atoms with Gasteiger partial charge < -0.3 is 5.41 Å². The topological polar surface area (TPSA) is 23.9 Å². The third-order valence-electron chi connectivity index (χ3n) is 2.50. The first-order valence-corrected chi connectivity index (χ1v) is 4.28. The molecule has 1 unspecified atom stereocenters. The summed E-state index contributed by atoms with van der Waals surface area (Å²) in [6.45, 7) is 4.55. The van der Waals surface area contributed by atoms with E-state index >= 15 is 0 Å². The van der Waals surface area contributed by atoms with Crippen molar-refractivity contribution in [1.29, 1.82) is 5.41 Å². The lowest BCUT2D eigenvalue weighted by Gasteiger charge is -2.28. The summed E-state index contributed by atoms with van der Waals surface area (Å²) >= 11 is 0. The first-order chi connectivity index (χ1) is 4.72. The zero-order valence-corrected chi connectivity index (χ0v) is 6.98. The van der Waals surface area contributed by atoms with E-state index in [1.54, 1.807) is 0 Å². The van der Waals surface area contributed by atoms with Gasteiger partial charge in [0.25, 0.3) is 0 Å². The number of hydrogen-bond acceptors (Lipinski definition) is 1. The molecule has 1 aliphatic carbocycles. The Morgan fingerprint density at radius 3 is 2.60 bits per heavy atom. The molecule has 58 valence electrons. The highest BCUT2D eigenvalue weighted by Gasteiger charge is 2.23. The van der Waals surface area contributed by atoms with Crippen LogP contribution in [-0.4, -0.2) is 5.71 Å². The van der Waals surface area contributed by atoms with Crippen LogP contribution in [0.3, 0.4) is 0 Å². The summed E-state index contributed by atoms with van der Waals surface area (Å²) in [6.07, 6.45) is 4.82. The molecule has 1 rings (SSSR count). The Balaban J connectivity index is 2.10. The largest absolute Gasteiger partial charge is 0.310 e. The molecular formula is C9H17N. The molecule has 1 nitrogen and oxygen atoms in total. The monoisotopic (exact) mass is 139 g/mol. The Hall–Kier alpha value is -0.330. The zero-order valence-electron chi connectivity index (χ0n) is 6.98. The predicted octanol–water partition coefficient (Wildman–Crippen LogP) is 2.85. The van der Waals surface area contributed by atoms with Gasteiger partial charge in [-0.25, -0.2) is 0 Å². The lowest BCUT2D eigenvalue weighted by molar-refractivity contribution is 0.365. The van der Waals surface area contributed by atoms with Gasteiger partial charge in [0.15, 0.2) is 0 Å². The maximum atomic E-state index is 7.26. The van der Waals surface area contributed by atoms with Crippen LogP contribution >= 0.6 is 0 Å². The van der Waals surface area contributed by atoms with Gasteiger partial charge in [0.1, 0.15) is 0 Å². The van der Waals surface area contributed by atoms with E-state index in [0.29, 0.717) is 0 Å². The Bertz CT molecular complexity index is 121. The molecule has 0 aromatic carbocycles. The summed E-state index contributed by atoms with van der Waals surface area (Å²) in [5.74, 6) is 1.74. The lowest BCUT2D eigenvalue weighted by Crippen LogP contribution is -2.24. The van der Waals surface area contributed by atoms with E-state index in [9.17, 15) is 0 Å². The molecule has 10 heavy (non-hydrogen) atoms. The third kappa shape index (κ3) is 1.83. The molecule has 0 aromatic rings. The first-order valence-electron chi connectivity index (χ1n) is 4.28. The van der Waals surface area contributed by atoms with Crippen LogP contribution in [0, 0.1) is 17.2 Å². The van der Waals surface area contributed by atoms with Crippen LogP contribution in [0.1, 0.15) is 39.5 Å². The van der Waals surface area contributed by atoms with Crippen molar-refractivity contribution in [2.75, 3.05) is 0 Å². The molecule has 1 atom stereocenters. The molecule has 1 heteroatoms. The maximum absolute atomic E-state index is 7.26. The highest BCUT2D eigenvalue weighted by Crippen LogP contribution is 2.30. The number of nitrogens with one attached hydrogen (secondary N) is 1. The Labute approximate surface area is 63.3 Å². The van der Waals surface area contributed by atoms with Crippen LogP contribution in [0.15, 0.2) is 0 Å². The third-order valence-corrected chi connectivity index (χ3v) is 2.50. The van der Waals surface area contributed by atoms with Gasteiger partial charge in [-0.2, -0.15) is 0 Å². The summed E-state index contributed by atoms with van der Waals surface area (Å²) < 4.78 is 0. The van der Waals surface area contributed by atoms with Gasteiger partial charge in [-0.05, 0) is 31.1 Å². The van der Waals surface area contributed by atoms with Gasteiger partial charge in [-0.15, -0.1) is 0 Å². The SMILES string of the molecule is CCC(C)CC1CC(=N)C1. The fraction of sp³-hybridized carbons (Fsp3) is 0.889. The van der Waals surface area contributed by atoms with Crippen molar-refractivity contribution in [1.82, 2.24) is 0 Å². The lowest BCUT2D eigenvalue weighted by atomic mass is 9.77. The van der Waals surface area contributed by atoms with Crippen LogP contribution in [-0.2, 0) is 0 Å². The van der Waals surface area contributed by atoms with Crippen LogP contribution in [0.5, 0.6) is 0 Å². The molecule has 0 bridgehead atoms. The average Bonchev–Trinajstić information content (AvgIpc) is 1.84. The average molecular weight is 139 g/mol. The Morgan fingerprint density at radius 2 is 2.20 bits per heavy atom. The van der Waals surface area contributed by atoms with Crippen molar-refractivity contribution >= 4 is 5.71 Å². The van der Waals surface area contributed by atoms with E-state index in [0.717, 1.165) is 30.4 Å². The van der Waals surface area contributed by atoms with Crippen molar-refractivity contribution < 1.29 is 0 Å². The minimum absolute atomic E-state index is 0.863. The molecule has 0 aromatic heterocycles. The molecule has 1 fully saturated rings. The normalized spacial score (nSPS) is 27.8. The summed E-state index contributed by atoms with van der Waals surface area (Å²) in [6, 6.07) is 0. The predicted molar refractivity (Wildman–Crippen MR) is 44.5 cm³/mol. The first kappa shape index (κ1) is 7.77. The van der Waals surface area contributed by atoms with Crippen LogP contribution in [0.25, 0.3) is 0 Å². The maximum Gasteiger partial charge on any atom is 0.00949 e. The van der Waals surface area contributed by atoms with Crippen LogP contribution in [0.4, 0.5) is 0 Å². The van der Waals surface area contributed by atoms with Crippen LogP contribution in [0.2, 0.25) is 0 Å². The summed E-state index contributed by atoms with van der Waals surface area (Å²) in [4.78, 5) is 0. The van der Waals surface area contributed by atoms with Crippen molar-refractivity contribution in [2.24, 2.45) is 11.8 Å². The van der Waals surface area contributed by atoms with Gasteiger partial charge in [0, 0.05) is 5.71 Å². The van der Waals surface area contributed by atoms with Crippen LogP contribution < -0.4 is 0 Å². The second-order valence-corrected chi connectivity index (χ2v) is 3.63. The zero-order chi connectivity index (χ0) is 7.56. The van der Waals surface area contributed by atoms with E-state index in [2.05, 4.69) is 13.8 Å². The van der Waals surface area contributed by atoms with Crippen molar-refractivity contribution in [3.63, 3.8) is 0 Å². The number of rotatable bonds is 3. The van der Waals surface area contributed by atoms with Crippen molar-refractivity contribution in [3.8, 4) is 0 Å². The molecular weight excluding hydrogens is 122 g/mol. The highest BCUT2D eigenvalue weighted by atomic mass is 14.5. The van der Waals surface area contributed by atoms with E-state index in [1.165, 1.54) is 12.8 Å². The van der Waals surface area contributed by atoms with Crippen molar-refractivity contribution in [2.45, 2.75) is 39.5 Å². The van der Waals surface area contributed by atoms with Gasteiger partial charge in [-0.1, -0.05) is 20.3 Å². The second-order valence-electron chi connectivity index (χ2n) is 3.63. The summed E-state index contributed by atoms with van der Waals surface area (Å²) in [5, 5.41) is 7.26. The molecule has 0 aliphatic heterocycles. The minimum Gasteiger partial charge on any atom is -0.310 e. The molecule has 1 aliphatic rings. The van der Waals surface area contributed by atoms with E-state index in [-0.39, 0.29) is 0 Å². The molecule has 0 saturated heterocycles. The van der Waals surface area contributed by atoms with Crippen molar-refractivity contribution in [3.05, 3.63) is 0 Å². The smallest absolute Gasteiger partial charge is 0.00949 e. The van der Waals surface area contributed by atoms with Gasteiger partial charge >= 0.3 is 0 Å². The second kappa shape index (κ2) is 3.18. The fourth-order valence-electron chi connectivity index (χ4n) is 1.54. The Morgan fingerprint density at radius 1 is 1.60 bits per heavy atom. The standard InChI is InChI=1S/C9H17N/c1-3-7(2)4-8-5-9(10)6-8/h7-8,10H,3-6H2,1-2H3. The molecule has 0 radical (unpaired) electrons. The van der Waals surface area contributed by atoms with Gasteiger partial charge in [-0.3, -0.25) is 0 Å². The molecule has 0 spiro atoms. The van der Waals surface area contributed by atoms with E-state index < -0.39 is 0 Å². The molecule has 1 saturated carbocycles. The van der Waals surface area contributed by atoms with Gasteiger partial charge in [0.2, 0.25) is 0 Å².